The number of hydrogen-bond acceptors (Lipinski definition) is 4. The zero-order valence-corrected chi connectivity index (χ0v) is 12.2. The van der Waals surface area contributed by atoms with Gasteiger partial charge in [-0.05, 0) is 43.3 Å². The molecule has 0 radical (unpaired) electrons. The molecule has 0 spiro atoms. The molecule has 1 N–H and O–H groups in total. The van der Waals surface area contributed by atoms with Crippen LogP contribution in [0.2, 0.25) is 0 Å². The maximum Gasteiger partial charge on any atom is 0.338 e. The molecule has 0 saturated carbocycles. The van der Waals surface area contributed by atoms with E-state index in [0.29, 0.717) is 23.6 Å². The Morgan fingerprint density at radius 2 is 1.68 bits per heavy atom. The predicted molar refractivity (Wildman–Crippen MR) is 83.0 cm³/mol. The molecule has 2 rings (SSSR count). The van der Waals surface area contributed by atoms with Gasteiger partial charge in [-0.15, -0.1) is 0 Å². The van der Waals surface area contributed by atoms with Gasteiger partial charge in [-0.3, -0.25) is 4.79 Å². The number of amides is 1. The summed E-state index contributed by atoms with van der Waals surface area (Å²) >= 11 is 0. The van der Waals surface area contributed by atoms with Crippen LogP contribution in [0.15, 0.2) is 54.6 Å². The highest BCUT2D eigenvalue weighted by Crippen LogP contribution is 2.13. The summed E-state index contributed by atoms with van der Waals surface area (Å²) in [5, 5.41) is 2.64. The monoisotopic (exact) mass is 299 g/mol. The number of carbonyl (C=O) groups excluding carboxylic acids is 2. The number of hydrogen-bond donors (Lipinski definition) is 1. The number of esters is 1. The summed E-state index contributed by atoms with van der Waals surface area (Å²) in [6, 6.07) is 15.5. The minimum atomic E-state index is -0.550. The van der Waals surface area contributed by atoms with Crippen molar-refractivity contribution in [1.82, 2.24) is 0 Å². The number of carbonyl (C=O) groups is 2. The third-order valence-corrected chi connectivity index (χ3v) is 2.79. The average molecular weight is 299 g/mol. The molecule has 0 bridgehead atoms. The summed E-state index contributed by atoms with van der Waals surface area (Å²) in [6.45, 7) is 2.11. The number of rotatable bonds is 6. The lowest BCUT2D eigenvalue weighted by Gasteiger charge is -2.07. The van der Waals surface area contributed by atoms with Gasteiger partial charge in [-0.1, -0.05) is 18.2 Å². The molecule has 114 valence electrons. The van der Waals surface area contributed by atoms with Crippen LogP contribution in [-0.4, -0.2) is 25.1 Å². The molecule has 0 aliphatic carbocycles. The Hall–Kier alpha value is -2.82. The standard InChI is InChI=1S/C17H17NO4/c1-2-21-15-10-8-13(9-11-15)17(20)22-12-16(19)18-14-6-4-3-5-7-14/h3-11H,2,12H2,1H3,(H,18,19). The first kappa shape index (κ1) is 15.6. The SMILES string of the molecule is CCOc1ccc(C(=O)OCC(=O)Nc2ccccc2)cc1. The molecule has 0 fully saturated rings. The molecule has 2 aromatic rings. The van der Waals surface area contributed by atoms with Gasteiger partial charge in [0.1, 0.15) is 5.75 Å². The molecule has 0 saturated heterocycles. The Balaban J connectivity index is 1.83. The number of benzene rings is 2. The fourth-order valence-electron chi connectivity index (χ4n) is 1.79. The Labute approximate surface area is 128 Å². The third kappa shape index (κ3) is 4.63. The van der Waals surface area contributed by atoms with Gasteiger partial charge in [-0.2, -0.15) is 0 Å². The van der Waals surface area contributed by atoms with E-state index >= 15 is 0 Å². The number of nitrogens with one attached hydrogen (secondary N) is 1. The van der Waals surface area contributed by atoms with Gasteiger partial charge < -0.3 is 14.8 Å². The summed E-state index contributed by atoms with van der Waals surface area (Å²) in [7, 11) is 0. The summed E-state index contributed by atoms with van der Waals surface area (Å²) in [4.78, 5) is 23.5. The molecule has 5 heteroatoms. The highest BCUT2D eigenvalue weighted by Gasteiger charge is 2.10. The Bertz CT molecular complexity index is 623. The topological polar surface area (TPSA) is 64.6 Å². The average Bonchev–Trinajstić information content (AvgIpc) is 2.54. The predicted octanol–water partition coefficient (Wildman–Crippen LogP) is 2.88. The van der Waals surface area contributed by atoms with E-state index in [9.17, 15) is 9.59 Å². The van der Waals surface area contributed by atoms with Crippen molar-refractivity contribution < 1.29 is 19.1 Å². The molecule has 0 atom stereocenters. The van der Waals surface area contributed by atoms with E-state index in [0.717, 1.165) is 0 Å². The third-order valence-electron chi connectivity index (χ3n) is 2.79. The highest BCUT2D eigenvalue weighted by atomic mass is 16.5. The zero-order valence-electron chi connectivity index (χ0n) is 12.2. The molecule has 0 heterocycles. The Morgan fingerprint density at radius 1 is 1.00 bits per heavy atom. The molecule has 5 nitrogen and oxygen atoms in total. The lowest BCUT2D eigenvalue weighted by molar-refractivity contribution is -0.119. The fraction of sp³-hybridized carbons (Fsp3) is 0.176. The van der Waals surface area contributed by atoms with Crippen molar-refractivity contribution in [2.24, 2.45) is 0 Å². The maximum atomic E-state index is 11.8. The Kier molecular flexibility index (Phi) is 5.54. The van der Waals surface area contributed by atoms with Gasteiger partial charge in [0.15, 0.2) is 6.61 Å². The van der Waals surface area contributed by atoms with E-state index in [4.69, 9.17) is 9.47 Å². The molecular weight excluding hydrogens is 282 g/mol. The van der Waals surface area contributed by atoms with E-state index in [2.05, 4.69) is 5.32 Å². The highest BCUT2D eigenvalue weighted by molar-refractivity contribution is 5.95. The van der Waals surface area contributed by atoms with Crippen LogP contribution in [-0.2, 0) is 9.53 Å². The quantitative estimate of drug-likeness (QED) is 0.833. The van der Waals surface area contributed by atoms with Crippen LogP contribution >= 0.6 is 0 Å². The van der Waals surface area contributed by atoms with E-state index in [-0.39, 0.29) is 12.5 Å². The van der Waals surface area contributed by atoms with Crippen molar-refractivity contribution in [3.8, 4) is 5.75 Å². The minimum Gasteiger partial charge on any atom is -0.494 e. The minimum absolute atomic E-state index is 0.332. The summed E-state index contributed by atoms with van der Waals surface area (Å²) in [5.41, 5.74) is 1.03. The van der Waals surface area contributed by atoms with Gasteiger partial charge in [0.25, 0.3) is 5.91 Å². The largest absolute Gasteiger partial charge is 0.494 e. The Morgan fingerprint density at radius 3 is 2.32 bits per heavy atom. The molecular formula is C17H17NO4. The smallest absolute Gasteiger partial charge is 0.338 e. The molecule has 1 amide bonds. The van der Waals surface area contributed by atoms with Crippen molar-refractivity contribution in [1.29, 1.82) is 0 Å². The molecule has 0 aromatic heterocycles. The molecule has 0 unspecified atom stereocenters. The summed E-state index contributed by atoms with van der Waals surface area (Å²) in [5.74, 6) is -0.252. The molecule has 2 aromatic carbocycles. The van der Waals surface area contributed by atoms with Crippen LogP contribution in [0.3, 0.4) is 0 Å². The number of anilines is 1. The van der Waals surface area contributed by atoms with Gasteiger partial charge >= 0.3 is 5.97 Å². The number of ether oxygens (including phenoxy) is 2. The van der Waals surface area contributed by atoms with Gasteiger partial charge in [0.2, 0.25) is 0 Å². The van der Waals surface area contributed by atoms with Crippen molar-refractivity contribution in [2.75, 3.05) is 18.5 Å². The molecule has 22 heavy (non-hydrogen) atoms. The van der Waals surface area contributed by atoms with Crippen LogP contribution in [0.4, 0.5) is 5.69 Å². The lowest BCUT2D eigenvalue weighted by atomic mass is 10.2. The van der Waals surface area contributed by atoms with Crippen LogP contribution in [0.1, 0.15) is 17.3 Å². The first-order valence-corrected chi connectivity index (χ1v) is 6.94. The van der Waals surface area contributed by atoms with Crippen LogP contribution in [0, 0.1) is 0 Å². The van der Waals surface area contributed by atoms with E-state index < -0.39 is 5.97 Å². The summed E-state index contributed by atoms with van der Waals surface area (Å²) in [6.07, 6.45) is 0. The van der Waals surface area contributed by atoms with Gasteiger partial charge in [0, 0.05) is 5.69 Å². The molecule has 0 aliphatic rings. The van der Waals surface area contributed by atoms with E-state index in [1.54, 1.807) is 36.4 Å². The van der Waals surface area contributed by atoms with Crippen LogP contribution in [0.25, 0.3) is 0 Å². The van der Waals surface area contributed by atoms with Gasteiger partial charge in [0.05, 0.1) is 12.2 Å². The van der Waals surface area contributed by atoms with Crippen LogP contribution in [0.5, 0.6) is 5.75 Å². The van der Waals surface area contributed by atoms with Crippen molar-refractivity contribution in [3.63, 3.8) is 0 Å². The first-order chi connectivity index (χ1) is 10.7. The second-order valence-corrected chi connectivity index (χ2v) is 4.45. The van der Waals surface area contributed by atoms with E-state index in [1.165, 1.54) is 0 Å². The maximum absolute atomic E-state index is 11.8. The first-order valence-electron chi connectivity index (χ1n) is 6.94. The van der Waals surface area contributed by atoms with Crippen molar-refractivity contribution in [2.45, 2.75) is 6.92 Å². The van der Waals surface area contributed by atoms with Crippen molar-refractivity contribution in [3.05, 3.63) is 60.2 Å². The second-order valence-electron chi connectivity index (χ2n) is 4.45. The molecule has 0 aliphatic heterocycles. The zero-order chi connectivity index (χ0) is 15.8. The normalized spacial score (nSPS) is 9.86. The fourth-order valence-corrected chi connectivity index (χ4v) is 1.79. The van der Waals surface area contributed by atoms with E-state index in [1.807, 2.05) is 25.1 Å². The lowest BCUT2D eigenvalue weighted by Crippen LogP contribution is -2.20. The van der Waals surface area contributed by atoms with Crippen molar-refractivity contribution >= 4 is 17.6 Å². The summed E-state index contributed by atoms with van der Waals surface area (Å²) < 4.78 is 10.3. The second kappa shape index (κ2) is 7.83. The van der Waals surface area contributed by atoms with Gasteiger partial charge in [-0.25, -0.2) is 4.79 Å². The number of para-hydroxylation sites is 1. The van der Waals surface area contributed by atoms with Crippen LogP contribution < -0.4 is 10.1 Å².